The third-order valence-corrected chi connectivity index (χ3v) is 8.88. The number of alkyl carbamates (subject to hydrolysis) is 2. The van der Waals surface area contributed by atoms with Crippen molar-refractivity contribution < 1.29 is 28.7 Å². The lowest BCUT2D eigenvalue weighted by atomic mass is 10.0. The zero-order valence-electron chi connectivity index (χ0n) is 29.7. The second-order valence-electron chi connectivity index (χ2n) is 12.8. The lowest BCUT2D eigenvalue weighted by molar-refractivity contribution is -0.135. The number of likely N-dealkylation sites (tertiary alicyclic amines) is 2. The van der Waals surface area contributed by atoms with Crippen molar-refractivity contribution in [1.82, 2.24) is 30.4 Å². The van der Waals surface area contributed by atoms with Crippen LogP contribution in [0.3, 0.4) is 0 Å². The summed E-state index contributed by atoms with van der Waals surface area (Å²) < 4.78 is 9.48. The van der Waals surface area contributed by atoms with E-state index < -0.39 is 35.9 Å². The summed E-state index contributed by atoms with van der Waals surface area (Å²) in [5.41, 5.74) is 6.54. The van der Waals surface area contributed by atoms with Crippen molar-refractivity contribution in [2.75, 3.05) is 27.3 Å². The summed E-state index contributed by atoms with van der Waals surface area (Å²) in [6, 6.07) is 6.43. The predicted molar refractivity (Wildman–Crippen MR) is 191 cm³/mol. The lowest BCUT2D eigenvalue weighted by Gasteiger charge is -2.30. The van der Waals surface area contributed by atoms with Crippen LogP contribution in [-0.2, 0) is 19.1 Å². The second-order valence-corrected chi connectivity index (χ2v) is 12.8. The summed E-state index contributed by atoms with van der Waals surface area (Å²) in [6.45, 7) is 10.3. The highest BCUT2D eigenvalue weighted by molar-refractivity contribution is 5.94. The number of methoxy groups -OCH3 is 2. The number of benzene rings is 1. The Morgan fingerprint density at radius 1 is 1.04 bits per heavy atom. The van der Waals surface area contributed by atoms with E-state index in [9.17, 15) is 19.2 Å². The molecule has 14 heteroatoms. The summed E-state index contributed by atoms with van der Waals surface area (Å²) in [6.07, 6.45) is 4.56. The van der Waals surface area contributed by atoms with Crippen LogP contribution in [-0.4, -0.2) is 94.5 Å². The minimum atomic E-state index is -1.10. The van der Waals surface area contributed by atoms with Crippen molar-refractivity contribution in [2.24, 2.45) is 16.6 Å². The van der Waals surface area contributed by atoms with Crippen LogP contribution in [0.4, 0.5) is 9.59 Å². The highest BCUT2D eigenvalue weighted by Gasteiger charge is 2.39. The number of H-pyrrole nitrogens is 1. The van der Waals surface area contributed by atoms with Gasteiger partial charge in [0.2, 0.25) is 5.91 Å². The van der Waals surface area contributed by atoms with Crippen LogP contribution in [0, 0.1) is 29.6 Å². The fourth-order valence-electron chi connectivity index (χ4n) is 6.10. The van der Waals surface area contributed by atoms with Gasteiger partial charge in [-0.3, -0.25) is 9.59 Å². The van der Waals surface area contributed by atoms with E-state index in [-0.39, 0.29) is 29.6 Å². The van der Waals surface area contributed by atoms with Gasteiger partial charge in [-0.15, -0.1) is 0 Å². The van der Waals surface area contributed by atoms with E-state index in [2.05, 4.69) is 55.9 Å². The fraction of sp³-hybridized carbons (Fsp3) is 0.459. The van der Waals surface area contributed by atoms with Crippen LogP contribution >= 0.6 is 0 Å². The molecule has 0 spiro atoms. The Kier molecular flexibility index (Phi) is 12.9. The molecule has 5 N–H and O–H groups in total. The van der Waals surface area contributed by atoms with Gasteiger partial charge in [-0.25, -0.2) is 19.6 Å². The Morgan fingerprint density at radius 2 is 1.71 bits per heavy atom. The van der Waals surface area contributed by atoms with Gasteiger partial charge in [-0.2, -0.15) is 0 Å². The third kappa shape index (κ3) is 9.48. The summed E-state index contributed by atoms with van der Waals surface area (Å²) in [5, 5.41) is 5.28. The first kappa shape index (κ1) is 38.0. The van der Waals surface area contributed by atoms with Crippen molar-refractivity contribution in [3.8, 4) is 23.7 Å². The maximum Gasteiger partial charge on any atom is 0.407 e. The van der Waals surface area contributed by atoms with Crippen molar-refractivity contribution in [1.29, 1.82) is 0 Å². The predicted octanol–water partition coefficient (Wildman–Crippen LogP) is 3.20. The average Bonchev–Trinajstić information content (AvgIpc) is 3.92. The molecule has 1 aromatic carbocycles. The van der Waals surface area contributed by atoms with Crippen LogP contribution in [0.2, 0.25) is 0 Å². The molecular weight excluding hydrogens is 652 g/mol. The molecule has 2 saturated heterocycles. The molecule has 4 rings (SSSR count). The fourth-order valence-corrected chi connectivity index (χ4v) is 6.10. The summed E-state index contributed by atoms with van der Waals surface area (Å²) in [7, 11) is 2.50. The van der Waals surface area contributed by atoms with E-state index in [1.165, 1.54) is 14.2 Å². The number of imidazole rings is 1. The quantitative estimate of drug-likeness (QED) is 0.126. The highest BCUT2D eigenvalue weighted by Crippen LogP contribution is 2.31. The molecule has 0 radical (unpaired) electrons. The number of ether oxygens (including phenoxy) is 2. The Hall–Kier alpha value is -5.76. The number of carbonyl (C=O) groups is 4. The monoisotopic (exact) mass is 698 g/mol. The number of aromatic amines is 1. The zero-order chi connectivity index (χ0) is 37.1. The molecule has 5 atom stereocenters. The number of hydrogen-bond donors (Lipinski definition) is 4. The zero-order valence-corrected chi connectivity index (χ0v) is 29.7. The van der Waals surface area contributed by atoms with Crippen LogP contribution in [0.1, 0.15) is 75.6 Å². The molecule has 14 nitrogen and oxygen atoms in total. The van der Waals surface area contributed by atoms with Gasteiger partial charge in [-0.1, -0.05) is 62.8 Å². The highest BCUT2D eigenvalue weighted by atomic mass is 16.5. The summed E-state index contributed by atoms with van der Waals surface area (Å²) >= 11 is 0. The number of nitrogens with one attached hydrogen (secondary N) is 3. The van der Waals surface area contributed by atoms with Gasteiger partial charge < -0.3 is 40.6 Å². The number of amidine groups is 1. The second kappa shape index (κ2) is 17.3. The molecule has 2 aliphatic heterocycles. The van der Waals surface area contributed by atoms with Gasteiger partial charge in [0.1, 0.15) is 35.0 Å². The summed E-state index contributed by atoms with van der Waals surface area (Å²) in [4.78, 5) is 66.9. The molecule has 2 aliphatic rings. The largest absolute Gasteiger partial charge is 0.453 e. The molecule has 1 unspecified atom stereocenters. The van der Waals surface area contributed by atoms with Gasteiger partial charge in [0, 0.05) is 13.1 Å². The first-order chi connectivity index (χ1) is 24.4. The molecule has 270 valence electrons. The minimum absolute atomic E-state index is 0.141. The Bertz CT molecular complexity index is 1750. The van der Waals surface area contributed by atoms with Gasteiger partial charge in [0.15, 0.2) is 0 Å². The molecule has 51 heavy (non-hydrogen) atoms. The molecule has 0 aliphatic carbocycles. The van der Waals surface area contributed by atoms with Crippen molar-refractivity contribution in [3.63, 3.8) is 0 Å². The van der Waals surface area contributed by atoms with E-state index in [4.69, 9.17) is 15.2 Å². The molecule has 3 heterocycles. The smallest absolute Gasteiger partial charge is 0.407 e. The topological polar surface area (TPSA) is 184 Å². The number of aromatic nitrogens is 2. The number of hydrogen-bond acceptors (Lipinski definition) is 8. The Labute approximate surface area is 298 Å². The minimum Gasteiger partial charge on any atom is -0.453 e. The number of rotatable bonds is 10. The van der Waals surface area contributed by atoms with Crippen molar-refractivity contribution in [3.05, 3.63) is 66.3 Å². The number of carbonyl (C=O) groups excluding carboxylic acids is 4. The van der Waals surface area contributed by atoms with E-state index in [1.54, 1.807) is 53.3 Å². The van der Waals surface area contributed by atoms with Crippen LogP contribution < -0.4 is 16.4 Å². The first-order valence-electron chi connectivity index (χ1n) is 16.8. The molecule has 0 bridgehead atoms. The van der Waals surface area contributed by atoms with Crippen LogP contribution in [0.25, 0.3) is 0 Å². The van der Waals surface area contributed by atoms with Crippen molar-refractivity contribution in [2.45, 2.75) is 76.2 Å². The van der Waals surface area contributed by atoms with Crippen molar-refractivity contribution >= 4 is 29.8 Å². The van der Waals surface area contributed by atoms with E-state index >= 15 is 0 Å². The summed E-state index contributed by atoms with van der Waals surface area (Å²) in [5.74, 6) is 11.7. The normalized spacial score (nSPS) is 19.4. The van der Waals surface area contributed by atoms with E-state index in [0.29, 0.717) is 49.4 Å². The molecule has 0 saturated carbocycles. The molecule has 2 aromatic rings. The number of amides is 4. The average molecular weight is 699 g/mol. The Balaban J connectivity index is 1.47. The molecule has 2 fully saturated rings. The van der Waals surface area contributed by atoms with Gasteiger partial charge in [0.25, 0.3) is 5.91 Å². The number of nitrogens with two attached hydrogens (primary N) is 1. The Morgan fingerprint density at radius 3 is 2.37 bits per heavy atom. The van der Waals surface area contributed by atoms with Gasteiger partial charge in [0.05, 0.1) is 32.5 Å². The molecular formula is C37H46N8O6. The van der Waals surface area contributed by atoms with E-state index in [0.717, 1.165) is 6.42 Å². The molecule has 4 amide bonds. The third-order valence-electron chi connectivity index (χ3n) is 8.88. The maximum absolute atomic E-state index is 13.8. The van der Waals surface area contributed by atoms with E-state index in [1.807, 2.05) is 19.9 Å². The van der Waals surface area contributed by atoms with Crippen LogP contribution in [0.5, 0.6) is 0 Å². The number of nitrogens with zero attached hydrogens (tertiary/aromatic N) is 4. The maximum atomic E-state index is 13.8. The molecule has 1 aromatic heterocycles. The standard InChI is InChI=1S/C37H46N8O6/c1-7-37(4,43-31(38)27-18-13-21-44(27)34(47)30(42-36(49)51-6)25-15-9-8-10-16-25)20-12-11-17-26-23-39-32(40-26)28-19-14-22-45(28)33(46)29(24(2)3)41-35(48)50-5/h7-10,15-16,23-24,27-30H,1,13-14,18-19,21-22H2,2-6H3,(H2,38,43)(H,39,40)(H,41,48)(H,42,49)/t27-,28-,29-,30+,37?/m0/s1. The van der Waals surface area contributed by atoms with Gasteiger partial charge in [-0.05, 0) is 61.8 Å². The lowest BCUT2D eigenvalue weighted by Crippen LogP contribution is -2.51. The SMILES string of the molecule is C=CC(C)(C#CC#Cc1cnc([C@@H]2CCCN2C(=O)[C@@H](NC(=O)OC)C(C)C)[nH]1)N=C(N)[C@@H]1CCCN1C(=O)[C@H](NC(=O)OC)c1ccccc1. The number of aliphatic imine (C=N–C) groups is 1. The first-order valence-corrected chi connectivity index (χ1v) is 16.8. The van der Waals surface area contributed by atoms with Crippen LogP contribution in [0.15, 0.2) is 54.2 Å². The van der Waals surface area contributed by atoms with Gasteiger partial charge >= 0.3 is 12.2 Å².